The molecule has 0 radical (unpaired) electrons. The van der Waals surface area contributed by atoms with Crippen LogP contribution in [-0.2, 0) is 0 Å². The highest BCUT2D eigenvalue weighted by molar-refractivity contribution is 6.30. The van der Waals surface area contributed by atoms with Crippen LogP contribution >= 0.6 is 11.6 Å². The molecule has 2 aromatic rings. The van der Waals surface area contributed by atoms with Gasteiger partial charge in [0.15, 0.2) is 0 Å². The van der Waals surface area contributed by atoms with E-state index in [2.05, 4.69) is 11.4 Å². The average molecular weight is 275 g/mol. The SMILES string of the molecule is Cc1ccc(NC(C#N)c2ccc(Cl)c(F)c2)cc1. The molecule has 0 aliphatic heterocycles. The number of halogens is 2. The number of nitriles is 1. The number of aryl methyl sites for hydroxylation is 1. The summed E-state index contributed by atoms with van der Waals surface area (Å²) in [5.74, 6) is -0.523. The summed E-state index contributed by atoms with van der Waals surface area (Å²) in [6, 6.07) is 13.5. The van der Waals surface area contributed by atoms with Crippen molar-refractivity contribution < 1.29 is 4.39 Å². The van der Waals surface area contributed by atoms with E-state index in [1.807, 2.05) is 31.2 Å². The minimum absolute atomic E-state index is 0.0516. The lowest BCUT2D eigenvalue weighted by atomic mass is 10.1. The average Bonchev–Trinajstić information content (AvgIpc) is 2.41. The first kappa shape index (κ1) is 13.4. The van der Waals surface area contributed by atoms with Crippen LogP contribution in [0.15, 0.2) is 42.5 Å². The van der Waals surface area contributed by atoms with Crippen LogP contribution in [0, 0.1) is 24.1 Å². The van der Waals surface area contributed by atoms with Crippen LogP contribution in [0.4, 0.5) is 10.1 Å². The van der Waals surface area contributed by atoms with Gasteiger partial charge in [0.25, 0.3) is 0 Å². The number of hydrogen-bond donors (Lipinski definition) is 1. The highest BCUT2D eigenvalue weighted by atomic mass is 35.5. The summed E-state index contributed by atoms with van der Waals surface area (Å²) in [6.07, 6.45) is 0. The lowest BCUT2D eigenvalue weighted by molar-refractivity contribution is 0.625. The molecule has 0 amide bonds. The Kier molecular flexibility index (Phi) is 4.03. The molecule has 0 fully saturated rings. The van der Waals surface area contributed by atoms with Crippen molar-refractivity contribution in [2.45, 2.75) is 13.0 Å². The zero-order valence-corrected chi connectivity index (χ0v) is 11.1. The van der Waals surface area contributed by atoms with E-state index < -0.39 is 11.9 Å². The number of benzene rings is 2. The number of nitrogens with one attached hydrogen (secondary N) is 1. The van der Waals surface area contributed by atoms with Crippen LogP contribution < -0.4 is 5.32 Å². The molecule has 0 bridgehead atoms. The maximum Gasteiger partial charge on any atom is 0.142 e. The molecule has 0 aliphatic rings. The minimum Gasteiger partial charge on any atom is -0.366 e. The Bertz CT molecular complexity index is 617. The summed E-state index contributed by atoms with van der Waals surface area (Å²) in [7, 11) is 0. The summed E-state index contributed by atoms with van der Waals surface area (Å²) in [4.78, 5) is 0. The van der Waals surface area contributed by atoms with Gasteiger partial charge in [-0.05, 0) is 36.8 Å². The summed E-state index contributed by atoms with van der Waals surface area (Å²) in [5, 5.41) is 12.3. The van der Waals surface area contributed by atoms with Crippen LogP contribution in [0.1, 0.15) is 17.2 Å². The van der Waals surface area contributed by atoms with Crippen molar-refractivity contribution in [3.05, 3.63) is 64.4 Å². The lowest BCUT2D eigenvalue weighted by Crippen LogP contribution is -2.08. The van der Waals surface area contributed by atoms with Crippen molar-refractivity contribution >= 4 is 17.3 Å². The predicted molar refractivity (Wildman–Crippen MR) is 74.6 cm³/mol. The third-order valence-corrected chi connectivity index (χ3v) is 3.08. The summed E-state index contributed by atoms with van der Waals surface area (Å²) < 4.78 is 13.4. The number of hydrogen-bond acceptors (Lipinski definition) is 2. The molecule has 0 spiro atoms. The highest BCUT2D eigenvalue weighted by Crippen LogP contribution is 2.23. The Balaban J connectivity index is 2.23. The van der Waals surface area contributed by atoms with Gasteiger partial charge >= 0.3 is 0 Å². The number of rotatable bonds is 3. The van der Waals surface area contributed by atoms with E-state index in [-0.39, 0.29) is 5.02 Å². The van der Waals surface area contributed by atoms with Crippen LogP contribution in [-0.4, -0.2) is 0 Å². The summed E-state index contributed by atoms with van der Waals surface area (Å²) in [5.41, 5.74) is 2.49. The van der Waals surface area contributed by atoms with Gasteiger partial charge in [0.1, 0.15) is 11.9 Å². The van der Waals surface area contributed by atoms with E-state index >= 15 is 0 Å². The first-order chi connectivity index (χ1) is 9.10. The second kappa shape index (κ2) is 5.73. The molecule has 0 saturated heterocycles. The molecule has 19 heavy (non-hydrogen) atoms. The first-order valence-corrected chi connectivity index (χ1v) is 6.15. The van der Waals surface area contributed by atoms with E-state index in [0.717, 1.165) is 11.3 Å². The highest BCUT2D eigenvalue weighted by Gasteiger charge is 2.12. The van der Waals surface area contributed by atoms with Crippen molar-refractivity contribution in [2.24, 2.45) is 0 Å². The third-order valence-electron chi connectivity index (χ3n) is 2.77. The van der Waals surface area contributed by atoms with Crippen molar-refractivity contribution in [3.8, 4) is 6.07 Å². The smallest absolute Gasteiger partial charge is 0.142 e. The molecule has 1 N–H and O–H groups in total. The summed E-state index contributed by atoms with van der Waals surface area (Å²) in [6.45, 7) is 1.99. The van der Waals surface area contributed by atoms with Gasteiger partial charge in [-0.15, -0.1) is 0 Å². The van der Waals surface area contributed by atoms with E-state index in [1.54, 1.807) is 6.07 Å². The molecule has 2 aromatic carbocycles. The molecule has 2 rings (SSSR count). The standard InChI is InChI=1S/C15H12ClFN2/c1-10-2-5-12(6-3-10)19-15(9-18)11-4-7-13(16)14(17)8-11/h2-8,15,19H,1H3. The van der Waals surface area contributed by atoms with Gasteiger partial charge < -0.3 is 5.32 Å². The zero-order chi connectivity index (χ0) is 13.8. The predicted octanol–water partition coefficient (Wildman–Crippen LogP) is 4.46. The fourth-order valence-corrected chi connectivity index (χ4v) is 1.82. The normalized spacial score (nSPS) is 11.7. The molecule has 96 valence electrons. The molecular formula is C15H12ClFN2. The Morgan fingerprint density at radius 2 is 1.89 bits per heavy atom. The van der Waals surface area contributed by atoms with E-state index in [4.69, 9.17) is 11.6 Å². The second-order valence-electron chi connectivity index (χ2n) is 4.25. The zero-order valence-electron chi connectivity index (χ0n) is 10.3. The Morgan fingerprint density at radius 1 is 1.21 bits per heavy atom. The van der Waals surface area contributed by atoms with Crippen molar-refractivity contribution in [1.29, 1.82) is 5.26 Å². The van der Waals surface area contributed by atoms with Crippen LogP contribution in [0.5, 0.6) is 0 Å². The van der Waals surface area contributed by atoms with Gasteiger partial charge in [0.2, 0.25) is 0 Å². The van der Waals surface area contributed by atoms with Crippen LogP contribution in [0.2, 0.25) is 5.02 Å². The maximum atomic E-state index is 13.4. The van der Waals surface area contributed by atoms with Gasteiger partial charge in [0.05, 0.1) is 11.1 Å². The third kappa shape index (κ3) is 3.24. The molecule has 1 atom stereocenters. The van der Waals surface area contributed by atoms with E-state index in [0.29, 0.717) is 5.56 Å². The van der Waals surface area contributed by atoms with E-state index in [1.165, 1.54) is 12.1 Å². The van der Waals surface area contributed by atoms with Gasteiger partial charge in [-0.2, -0.15) is 5.26 Å². The molecule has 0 heterocycles. The Morgan fingerprint density at radius 3 is 2.47 bits per heavy atom. The lowest BCUT2D eigenvalue weighted by Gasteiger charge is -2.13. The van der Waals surface area contributed by atoms with Gasteiger partial charge in [-0.3, -0.25) is 0 Å². The molecule has 0 aromatic heterocycles. The van der Waals surface area contributed by atoms with Crippen molar-refractivity contribution in [3.63, 3.8) is 0 Å². The minimum atomic E-state index is -0.616. The maximum absolute atomic E-state index is 13.4. The van der Waals surface area contributed by atoms with Gasteiger partial charge in [0, 0.05) is 5.69 Å². The Labute approximate surface area is 116 Å². The monoisotopic (exact) mass is 274 g/mol. The molecule has 1 unspecified atom stereocenters. The number of nitrogens with zero attached hydrogens (tertiary/aromatic N) is 1. The quantitative estimate of drug-likeness (QED) is 0.897. The van der Waals surface area contributed by atoms with Gasteiger partial charge in [-0.1, -0.05) is 35.4 Å². The first-order valence-electron chi connectivity index (χ1n) is 5.78. The van der Waals surface area contributed by atoms with Crippen LogP contribution in [0.25, 0.3) is 0 Å². The number of anilines is 1. The fraction of sp³-hybridized carbons (Fsp3) is 0.133. The largest absolute Gasteiger partial charge is 0.366 e. The molecule has 0 aliphatic carbocycles. The van der Waals surface area contributed by atoms with E-state index in [9.17, 15) is 9.65 Å². The fourth-order valence-electron chi connectivity index (χ4n) is 1.70. The van der Waals surface area contributed by atoms with Crippen molar-refractivity contribution in [1.82, 2.24) is 0 Å². The van der Waals surface area contributed by atoms with Crippen LogP contribution in [0.3, 0.4) is 0 Å². The second-order valence-corrected chi connectivity index (χ2v) is 4.65. The molecule has 4 heteroatoms. The topological polar surface area (TPSA) is 35.8 Å². The molecule has 0 saturated carbocycles. The van der Waals surface area contributed by atoms with Gasteiger partial charge in [-0.25, -0.2) is 4.39 Å². The Hall–Kier alpha value is -2.05. The van der Waals surface area contributed by atoms with Crippen molar-refractivity contribution in [2.75, 3.05) is 5.32 Å². The molecular weight excluding hydrogens is 263 g/mol. The molecule has 2 nitrogen and oxygen atoms in total. The summed E-state index contributed by atoms with van der Waals surface area (Å²) >= 11 is 5.63.